The Labute approximate surface area is 148 Å². The van der Waals surface area contributed by atoms with Crippen LogP contribution in [0.2, 0.25) is 0 Å². The zero-order valence-electron chi connectivity index (χ0n) is 14.0. The fraction of sp³-hybridized carbons (Fsp3) is 0.100. The molecule has 2 aromatic heterocycles. The van der Waals surface area contributed by atoms with Crippen LogP contribution in [0.1, 0.15) is 5.56 Å². The molecule has 0 aliphatic heterocycles. The van der Waals surface area contributed by atoms with Gasteiger partial charge in [-0.25, -0.2) is 4.79 Å². The molecule has 0 aliphatic carbocycles. The van der Waals surface area contributed by atoms with Gasteiger partial charge < -0.3 is 19.5 Å². The molecule has 4 rings (SSSR count). The number of amides is 1. The number of fused-ring (bicyclic) bond motifs is 2. The van der Waals surface area contributed by atoms with Crippen molar-refractivity contribution >= 4 is 33.5 Å². The summed E-state index contributed by atoms with van der Waals surface area (Å²) in [7, 11) is 0. The molecule has 0 spiro atoms. The zero-order chi connectivity index (χ0) is 18.1. The molecule has 0 fully saturated rings. The summed E-state index contributed by atoms with van der Waals surface area (Å²) in [5.41, 5.74) is 2.56. The van der Waals surface area contributed by atoms with E-state index >= 15 is 0 Å². The van der Waals surface area contributed by atoms with E-state index in [0.29, 0.717) is 17.0 Å². The highest BCUT2D eigenvalue weighted by Gasteiger charge is 2.07. The number of aryl methyl sites for hydroxylation is 1. The molecule has 0 bridgehead atoms. The fourth-order valence-corrected chi connectivity index (χ4v) is 2.87. The van der Waals surface area contributed by atoms with Crippen LogP contribution < -0.4 is 15.7 Å². The van der Waals surface area contributed by atoms with Crippen molar-refractivity contribution in [2.24, 2.45) is 0 Å². The molecule has 0 aliphatic rings. The Morgan fingerprint density at radius 1 is 1.15 bits per heavy atom. The summed E-state index contributed by atoms with van der Waals surface area (Å²) < 4.78 is 10.7. The second-order valence-corrected chi connectivity index (χ2v) is 6.02. The highest BCUT2D eigenvalue weighted by Crippen LogP contribution is 2.22. The molecule has 0 saturated heterocycles. The first-order valence-electron chi connectivity index (χ1n) is 8.13. The monoisotopic (exact) mass is 348 g/mol. The van der Waals surface area contributed by atoms with E-state index in [-0.39, 0.29) is 12.5 Å². The van der Waals surface area contributed by atoms with E-state index in [2.05, 4.69) is 10.3 Å². The number of hydrogen-bond acceptors (Lipinski definition) is 4. The van der Waals surface area contributed by atoms with Gasteiger partial charge in [-0.2, -0.15) is 0 Å². The number of ether oxygens (including phenoxy) is 1. The van der Waals surface area contributed by atoms with Gasteiger partial charge in [-0.3, -0.25) is 4.79 Å². The fourth-order valence-electron chi connectivity index (χ4n) is 2.87. The van der Waals surface area contributed by atoms with Crippen LogP contribution in [0.3, 0.4) is 0 Å². The lowest BCUT2D eigenvalue weighted by Crippen LogP contribution is -2.20. The number of hydrogen-bond donors (Lipinski definition) is 2. The van der Waals surface area contributed by atoms with Crippen molar-refractivity contribution in [2.45, 2.75) is 6.92 Å². The van der Waals surface area contributed by atoms with E-state index in [1.165, 1.54) is 6.07 Å². The number of carbonyl (C=O) groups excluding carboxylic acids is 1. The number of aromatic nitrogens is 1. The molecule has 0 unspecified atom stereocenters. The lowest BCUT2D eigenvalue weighted by Gasteiger charge is -2.09. The normalized spacial score (nSPS) is 11.0. The summed E-state index contributed by atoms with van der Waals surface area (Å²) >= 11 is 0. The molecule has 2 N–H and O–H groups in total. The maximum absolute atomic E-state index is 12.1. The minimum atomic E-state index is -0.412. The molecule has 6 heteroatoms. The molecular weight excluding hydrogens is 332 g/mol. The van der Waals surface area contributed by atoms with Crippen LogP contribution in [-0.2, 0) is 4.79 Å². The third kappa shape index (κ3) is 3.17. The van der Waals surface area contributed by atoms with E-state index in [9.17, 15) is 9.59 Å². The minimum absolute atomic E-state index is 0.146. The lowest BCUT2D eigenvalue weighted by molar-refractivity contribution is -0.118. The predicted molar refractivity (Wildman–Crippen MR) is 99.6 cm³/mol. The molecule has 130 valence electrons. The Hall–Kier alpha value is -3.54. The van der Waals surface area contributed by atoms with Gasteiger partial charge in [-0.15, -0.1) is 0 Å². The summed E-state index contributed by atoms with van der Waals surface area (Å²) in [5.74, 6) is 0.188. The molecule has 4 aromatic rings. The van der Waals surface area contributed by atoms with Crippen molar-refractivity contribution < 1.29 is 13.9 Å². The average molecular weight is 348 g/mol. The molecule has 1 amide bonds. The first kappa shape index (κ1) is 16.0. The molecular formula is C20H16N2O4. The van der Waals surface area contributed by atoms with E-state index < -0.39 is 5.63 Å². The smallest absolute Gasteiger partial charge is 0.336 e. The van der Waals surface area contributed by atoms with Gasteiger partial charge in [-0.1, -0.05) is 0 Å². The third-order valence-corrected chi connectivity index (χ3v) is 4.13. The molecule has 6 nitrogen and oxygen atoms in total. The number of H-pyrrole nitrogens is 1. The minimum Gasteiger partial charge on any atom is -0.484 e. The number of benzene rings is 2. The summed E-state index contributed by atoms with van der Waals surface area (Å²) in [4.78, 5) is 26.7. The van der Waals surface area contributed by atoms with Crippen molar-refractivity contribution in [3.63, 3.8) is 0 Å². The van der Waals surface area contributed by atoms with Gasteiger partial charge >= 0.3 is 5.63 Å². The average Bonchev–Trinajstić information content (AvgIpc) is 3.07. The maximum atomic E-state index is 12.1. The number of nitrogens with one attached hydrogen (secondary N) is 2. The second-order valence-electron chi connectivity index (χ2n) is 6.02. The molecule has 26 heavy (non-hydrogen) atoms. The second kappa shape index (κ2) is 6.40. The number of carbonyl (C=O) groups is 1. The van der Waals surface area contributed by atoms with Gasteiger partial charge in [-0.05, 0) is 48.9 Å². The largest absolute Gasteiger partial charge is 0.484 e. The standard InChI is InChI=1S/C20H16N2O4/c1-12-8-20(24)26-18-10-15(3-4-16(12)18)25-11-19(23)22-14-2-5-17-13(9-14)6-7-21-17/h2-10,21H,11H2,1H3,(H,22,23). The topological polar surface area (TPSA) is 84.3 Å². The molecule has 2 aromatic carbocycles. The number of anilines is 1. The predicted octanol–water partition coefficient (Wildman–Crippen LogP) is 3.60. The lowest BCUT2D eigenvalue weighted by atomic mass is 10.1. The summed E-state index contributed by atoms with van der Waals surface area (Å²) in [6, 6.07) is 14.2. The Balaban J connectivity index is 1.45. The van der Waals surface area contributed by atoms with Crippen molar-refractivity contribution in [1.82, 2.24) is 4.98 Å². The highest BCUT2D eigenvalue weighted by molar-refractivity contribution is 5.94. The zero-order valence-corrected chi connectivity index (χ0v) is 14.0. The van der Waals surface area contributed by atoms with Crippen LogP contribution in [-0.4, -0.2) is 17.5 Å². The van der Waals surface area contributed by atoms with E-state index in [1.807, 2.05) is 37.4 Å². The quantitative estimate of drug-likeness (QED) is 0.552. The van der Waals surface area contributed by atoms with Gasteiger partial charge in [0.05, 0.1) is 0 Å². The van der Waals surface area contributed by atoms with Crippen LogP contribution in [0.5, 0.6) is 5.75 Å². The summed E-state index contributed by atoms with van der Waals surface area (Å²) in [6.07, 6.45) is 1.85. The molecule has 0 radical (unpaired) electrons. The van der Waals surface area contributed by atoms with E-state index in [4.69, 9.17) is 9.15 Å². The Bertz CT molecular complexity index is 1170. The van der Waals surface area contributed by atoms with Crippen LogP contribution in [0.15, 0.2) is 63.9 Å². The van der Waals surface area contributed by atoms with Gasteiger partial charge in [0.1, 0.15) is 11.3 Å². The van der Waals surface area contributed by atoms with E-state index in [0.717, 1.165) is 21.9 Å². The van der Waals surface area contributed by atoms with Crippen LogP contribution >= 0.6 is 0 Å². The number of aromatic amines is 1. The summed E-state index contributed by atoms with van der Waals surface area (Å²) in [5, 5.41) is 4.65. The van der Waals surface area contributed by atoms with E-state index in [1.54, 1.807) is 18.2 Å². The van der Waals surface area contributed by atoms with Crippen LogP contribution in [0.25, 0.3) is 21.9 Å². The van der Waals surface area contributed by atoms with Crippen LogP contribution in [0, 0.1) is 6.92 Å². The first-order valence-corrected chi connectivity index (χ1v) is 8.13. The molecule has 2 heterocycles. The highest BCUT2D eigenvalue weighted by atomic mass is 16.5. The summed E-state index contributed by atoms with van der Waals surface area (Å²) in [6.45, 7) is 1.70. The van der Waals surface area contributed by atoms with Crippen molar-refractivity contribution in [3.05, 3.63) is 70.7 Å². The van der Waals surface area contributed by atoms with Crippen molar-refractivity contribution in [3.8, 4) is 5.75 Å². The molecule has 0 saturated carbocycles. The third-order valence-electron chi connectivity index (χ3n) is 4.13. The van der Waals surface area contributed by atoms with Crippen molar-refractivity contribution in [1.29, 1.82) is 0 Å². The van der Waals surface area contributed by atoms with Gasteiger partial charge in [0.25, 0.3) is 5.91 Å². The van der Waals surface area contributed by atoms with Gasteiger partial charge in [0.15, 0.2) is 6.61 Å². The van der Waals surface area contributed by atoms with Gasteiger partial charge in [0.2, 0.25) is 0 Å². The van der Waals surface area contributed by atoms with Crippen LogP contribution in [0.4, 0.5) is 5.69 Å². The Morgan fingerprint density at radius 3 is 2.92 bits per heavy atom. The first-order chi connectivity index (χ1) is 12.6. The Morgan fingerprint density at radius 2 is 2.04 bits per heavy atom. The van der Waals surface area contributed by atoms with Crippen molar-refractivity contribution in [2.75, 3.05) is 11.9 Å². The SMILES string of the molecule is Cc1cc(=O)oc2cc(OCC(=O)Nc3ccc4[nH]ccc4c3)ccc12. The van der Waals surface area contributed by atoms with Gasteiger partial charge in [0, 0.05) is 40.3 Å². The number of rotatable bonds is 4. The maximum Gasteiger partial charge on any atom is 0.336 e. The molecule has 0 atom stereocenters. The Kier molecular flexibility index (Phi) is 3.93.